The van der Waals surface area contributed by atoms with Crippen molar-refractivity contribution in [3.8, 4) is 0 Å². The Bertz CT molecular complexity index is 558. The van der Waals surface area contributed by atoms with Crippen LogP contribution in [0.25, 0.3) is 0 Å². The molecule has 1 fully saturated rings. The van der Waals surface area contributed by atoms with Crippen LogP contribution >= 0.6 is 0 Å². The van der Waals surface area contributed by atoms with Gasteiger partial charge in [-0.2, -0.15) is 0 Å². The summed E-state index contributed by atoms with van der Waals surface area (Å²) >= 11 is 0. The van der Waals surface area contributed by atoms with Crippen LogP contribution in [0, 0.1) is 0 Å². The molecule has 1 aliphatic rings. The molecule has 7 nitrogen and oxygen atoms in total. The average Bonchev–Trinajstić information content (AvgIpc) is 2.82. The monoisotopic (exact) mass is 307 g/mol. The van der Waals surface area contributed by atoms with Gasteiger partial charge in [0.2, 0.25) is 6.10 Å². The highest BCUT2D eigenvalue weighted by molar-refractivity contribution is 5.80. The van der Waals surface area contributed by atoms with E-state index in [0.29, 0.717) is 12.1 Å². The minimum absolute atomic E-state index is 0.0838. The highest BCUT2D eigenvalue weighted by Crippen LogP contribution is 2.20. The molecule has 22 heavy (non-hydrogen) atoms. The van der Waals surface area contributed by atoms with Gasteiger partial charge in [-0.15, -0.1) is 0 Å². The van der Waals surface area contributed by atoms with Gasteiger partial charge < -0.3 is 19.1 Å². The van der Waals surface area contributed by atoms with Gasteiger partial charge in [0.1, 0.15) is 6.61 Å². The van der Waals surface area contributed by atoms with E-state index in [1.165, 1.54) is 11.8 Å². The molecule has 1 amide bonds. The van der Waals surface area contributed by atoms with E-state index in [4.69, 9.17) is 14.2 Å². The number of esters is 2. The maximum absolute atomic E-state index is 12.1. The predicted molar refractivity (Wildman–Crippen MR) is 74.8 cm³/mol. The number of rotatable bonds is 5. The van der Waals surface area contributed by atoms with Gasteiger partial charge >= 0.3 is 18.0 Å². The number of nitrogens with zero attached hydrogens (tertiary/aromatic N) is 1. The first kappa shape index (κ1) is 15.8. The lowest BCUT2D eigenvalue weighted by molar-refractivity contribution is -0.168. The lowest BCUT2D eigenvalue weighted by Crippen LogP contribution is -2.27. The molecule has 7 heteroatoms. The van der Waals surface area contributed by atoms with Crippen LogP contribution in [0.15, 0.2) is 30.3 Å². The third-order valence-electron chi connectivity index (χ3n) is 3.07. The Hall–Kier alpha value is -2.57. The standard InChI is InChI=1S/C15H17NO6/c1-10(17)21-13(11-6-4-3-5-7-11)14(18)20-9-12-8-16(2)15(19)22-12/h3-7,12-13H,8-9H2,1-2H3/t12-,13?/m0/s1. The van der Waals surface area contributed by atoms with Crippen molar-refractivity contribution in [2.45, 2.75) is 19.1 Å². The fourth-order valence-corrected chi connectivity index (χ4v) is 2.03. The normalized spacial score (nSPS) is 18.5. The number of ether oxygens (including phenoxy) is 3. The van der Waals surface area contributed by atoms with Crippen LogP contribution in [0.1, 0.15) is 18.6 Å². The Morgan fingerprint density at radius 1 is 1.36 bits per heavy atom. The summed E-state index contributed by atoms with van der Waals surface area (Å²) in [6, 6.07) is 8.57. The molecule has 0 aliphatic carbocycles. The van der Waals surface area contributed by atoms with E-state index in [9.17, 15) is 14.4 Å². The average molecular weight is 307 g/mol. The Morgan fingerprint density at radius 2 is 2.05 bits per heavy atom. The van der Waals surface area contributed by atoms with Gasteiger partial charge in [0.05, 0.1) is 6.54 Å². The molecule has 1 aliphatic heterocycles. The summed E-state index contributed by atoms with van der Waals surface area (Å²) < 4.78 is 15.1. The number of benzene rings is 1. The highest BCUT2D eigenvalue weighted by Gasteiger charge is 2.31. The lowest BCUT2D eigenvalue weighted by atomic mass is 10.1. The second-order valence-electron chi connectivity index (χ2n) is 4.92. The number of cyclic esters (lactones) is 1. The Morgan fingerprint density at radius 3 is 2.59 bits per heavy atom. The third-order valence-corrected chi connectivity index (χ3v) is 3.07. The summed E-state index contributed by atoms with van der Waals surface area (Å²) in [5, 5.41) is 0. The van der Waals surface area contributed by atoms with Crippen LogP contribution in [0.4, 0.5) is 4.79 Å². The summed E-state index contributed by atoms with van der Waals surface area (Å²) in [6.07, 6.45) is -2.11. The van der Waals surface area contributed by atoms with Gasteiger partial charge in [-0.1, -0.05) is 30.3 Å². The van der Waals surface area contributed by atoms with Gasteiger partial charge in [-0.05, 0) is 0 Å². The van der Waals surface area contributed by atoms with E-state index < -0.39 is 30.2 Å². The molecule has 0 aromatic heterocycles. The van der Waals surface area contributed by atoms with E-state index in [1.807, 2.05) is 0 Å². The van der Waals surface area contributed by atoms with E-state index >= 15 is 0 Å². The molecule has 1 aromatic rings. The van der Waals surface area contributed by atoms with Gasteiger partial charge in [-0.3, -0.25) is 4.79 Å². The largest absolute Gasteiger partial charge is 0.459 e. The first-order chi connectivity index (χ1) is 10.5. The molecule has 1 heterocycles. The maximum atomic E-state index is 12.1. The van der Waals surface area contributed by atoms with Crippen LogP contribution in [-0.4, -0.2) is 49.2 Å². The van der Waals surface area contributed by atoms with Crippen molar-refractivity contribution in [2.24, 2.45) is 0 Å². The number of carbonyl (C=O) groups excluding carboxylic acids is 3. The molecule has 0 spiro atoms. The third kappa shape index (κ3) is 3.97. The molecule has 118 valence electrons. The zero-order valence-corrected chi connectivity index (χ0v) is 12.4. The number of carbonyl (C=O) groups is 3. The maximum Gasteiger partial charge on any atom is 0.410 e. The van der Waals surface area contributed by atoms with E-state index in [-0.39, 0.29) is 6.61 Å². The number of likely N-dealkylation sites (N-methyl/N-ethyl adjacent to an activating group) is 1. The topological polar surface area (TPSA) is 82.1 Å². The quantitative estimate of drug-likeness (QED) is 0.602. The summed E-state index contributed by atoms with van der Waals surface area (Å²) in [6.45, 7) is 1.48. The first-order valence-corrected chi connectivity index (χ1v) is 6.78. The van der Waals surface area contributed by atoms with Crippen molar-refractivity contribution in [3.05, 3.63) is 35.9 Å². The predicted octanol–water partition coefficient (Wildman–Crippen LogP) is 1.28. The van der Waals surface area contributed by atoms with Crippen LogP contribution in [0.3, 0.4) is 0 Å². The molecule has 0 radical (unpaired) electrons. The highest BCUT2D eigenvalue weighted by atomic mass is 16.6. The molecule has 1 unspecified atom stereocenters. The van der Waals surface area contributed by atoms with Crippen LogP contribution in [-0.2, 0) is 23.8 Å². The molecule has 0 bridgehead atoms. The Kier molecular flexibility index (Phi) is 4.98. The van der Waals surface area contributed by atoms with Crippen LogP contribution in [0.2, 0.25) is 0 Å². The van der Waals surface area contributed by atoms with Crippen molar-refractivity contribution in [3.63, 3.8) is 0 Å². The minimum atomic E-state index is -1.13. The zero-order valence-electron chi connectivity index (χ0n) is 12.4. The van der Waals surface area contributed by atoms with E-state index in [0.717, 1.165) is 0 Å². The second-order valence-corrected chi connectivity index (χ2v) is 4.92. The molecule has 0 saturated carbocycles. The summed E-state index contributed by atoms with van der Waals surface area (Å²) in [5.41, 5.74) is 0.517. The number of hydrogen-bond donors (Lipinski definition) is 0. The minimum Gasteiger partial charge on any atom is -0.459 e. The fraction of sp³-hybridized carbons (Fsp3) is 0.400. The number of amides is 1. The molecule has 2 rings (SSSR count). The van der Waals surface area contributed by atoms with Crippen molar-refractivity contribution < 1.29 is 28.6 Å². The van der Waals surface area contributed by atoms with Crippen molar-refractivity contribution in [1.82, 2.24) is 4.90 Å². The zero-order chi connectivity index (χ0) is 16.1. The summed E-state index contributed by atoms with van der Waals surface area (Å²) in [5.74, 6) is -1.29. The van der Waals surface area contributed by atoms with Gasteiger partial charge in [0, 0.05) is 19.5 Å². The van der Waals surface area contributed by atoms with Crippen molar-refractivity contribution >= 4 is 18.0 Å². The van der Waals surface area contributed by atoms with Gasteiger partial charge in [0.15, 0.2) is 6.10 Å². The first-order valence-electron chi connectivity index (χ1n) is 6.78. The molecule has 2 atom stereocenters. The van der Waals surface area contributed by atoms with Gasteiger partial charge in [-0.25, -0.2) is 9.59 Å². The van der Waals surface area contributed by atoms with Crippen molar-refractivity contribution in [1.29, 1.82) is 0 Å². The SMILES string of the molecule is CC(=O)OC(C(=O)OC[C@@H]1CN(C)C(=O)O1)c1ccccc1. The Labute approximate surface area is 127 Å². The lowest BCUT2D eigenvalue weighted by Gasteiger charge is -2.17. The summed E-state index contributed by atoms with van der Waals surface area (Å²) in [4.78, 5) is 35.9. The van der Waals surface area contributed by atoms with Crippen LogP contribution < -0.4 is 0 Å². The van der Waals surface area contributed by atoms with E-state index in [2.05, 4.69) is 0 Å². The summed E-state index contributed by atoms with van der Waals surface area (Å²) in [7, 11) is 1.59. The van der Waals surface area contributed by atoms with Gasteiger partial charge in [0.25, 0.3) is 0 Å². The van der Waals surface area contributed by atoms with E-state index in [1.54, 1.807) is 37.4 Å². The molecular weight excluding hydrogens is 290 g/mol. The molecular formula is C15H17NO6. The fourth-order valence-electron chi connectivity index (χ4n) is 2.03. The smallest absolute Gasteiger partial charge is 0.410 e. The molecule has 1 saturated heterocycles. The van der Waals surface area contributed by atoms with Crippen LogP contribution in [0.5, 0.6) is 0 Å². The van der Waals surface area contributed by atoms with Crippen molar-refractivity contribution in [2.75, 3.05) is 20.2 Å². The molecule has 0 N–H and O–H groups in total. The Balaban J connectivity index is 1.97. The number of hydrogen-bond acceptors (Lipinski definition) is 6. The second kappa shape index (κ2) is 6.93. The molecule has 1 aromatic carbocycles.